The number of hydrogen-bond donors (Lipinski definition) is 4. The van der Waals surface area contributed by atoms with Gasteiger partial charge in [0.1, 0.15) is 0 Å². The lowest BCUT2D eigenvalue weighted by Crippen LogP contribution is -2.55. The highest BCUT2D eigenvalue weighted by molar-refractivity contribution is 5.95. The Kier molecular flexibility index (Phi) is 13.1. The van der Waals surface area contributed by atoms with Crippen molar-refractivity contribution in [2.45, 2.75) is 114 Å². The van der Waals surface area contributed by atoms with Gasteiger partial charge in [0.2, 0.25) is 0 Å². The van der Waals surface area contributed by atoms with E-state index in [4.69, 9.17) is 25.1 Å². The van der Waals surface area contributed by atoms with Gasteiger partial charge in [-0.1, -0.05) is 35.9 Å². The third-order valence-electron chi connectivity index (χ3n) is 9.75. The zero-order valence-corrected chi connectivity index (χ0v) is 25.6. The number of nitrogens with zero attached hydrogens (tertiary/aromatic N) is 7. The Morgan fingerprint density at radius 3 is 2.52 bits per heavy atom. The number of aliphatic hydroxyl groups is 3. The van der Waals surface area contributed by atoms with Crippen molar-refractivity contribution in [3.05, 3.63) is 32.2 Å². The molecule has 1 heterocycles. The van der Waals surface area contributed by atoms with E-state index < -0.39 is 30.3 Å². The molecule has 4 rings (SSSR count). The Morgan fingerprint density at radius 2 is 1.82 bits per heavy atom. The molecule has 0 radical (unpaired) electrons. The first-order valence-electron chi connectivity index (χ1n) is 16.3. The second kappa shape index (κ2) is 17.0. The van der Waals surface area contributed by atoms with Gasteiger partial charge in [-0.3, -0.25) is 4.79 Å². The molecule has 0 saturated heterocycles. The summed E-state index contributed by atoms with van der Waals surface area (Å²) in [5.74, 6) is 0.265. The van der Waals surface area contributed by atoms with Crippen molar-refractivity contribution >= 4 is 11.8 Å². The van der Waals surface area contributed by atoms with Crippen molar-refractivity contribution in [3.63, 3.8) is 0 Å². The summed E-state index contributed by atoms with van der Waals surface area (Å²) in [6.07, 6.45) is 9.07. The van der Waals surface area contributed by atoms with Gasteiger partial charge in [0.15, 0.2) is 17.5 Å². The van der Waals surface area contributed by atoms with E-state index in [1.54, 1.807) is 0 Å². The fourth-order valence-corrected chi connectivity index (χ4v) is 7.38. The first-order valence-corrected chi connectivity index (χ1v) is 16.3. The summed E-state index contributed by atoms with van der Waals surface area (Å²) in [5, 5.41) is 39.4. The number of hydrogen-bond acceptors (Lipinski definition) is 9. The zero-order chi connectivity index (χ0) is 31.4. The second-order valence-electron chi connectivity index (χ2n) is 12.6. The summed E-state index contributed by atoms with van der Waals surface area (Å²) in [5.41, 5.74) is 18.5. The Labute approximate surface area is 258 Å². The normalized spacial score (nSPS) is 31.2. The first-order chi connectivity index (χ1) is 21.4. The van der Waals surface area contributed by atoms with Crippen LogP contribution in [0.3, 0.4) is 0 Å². The minimum absolute atomic E-state index is 0.00894. The van der Waals surface area contributed by atoms with E-state index in [9.17, 15) is 20.5 Å². The van der Waals surface area contributed by atoms with E-state index >= 15 is 0 Å². The van der Waals surface area contributed by atoms with Gasteiger partial charge in [0, 0.05) is 47.7 Å². The van der Waals surface area contributed by atoms with Crippen molar-refractivity contribution in [2.75, 3.05) is 32.9 Å². The fourth-order valence-electron chi connectivity index (χ4n) is 7.38. The Bertz CT molecular complexity index is 1130. The van der Waals surface area contributed by atoms with Crippen LogP contribution in [0.4, 0.5) is 0 Å². The molecule has 14 nitrogen and oxygen atoms in total. The van der Waals surface area contributed by atoms with E-state index in [1.807, 2.05) is 0 Å². The van der Waals surface area contributed by atoms with E-state index in [-0.39, 0.29) is 37.0 Å². The molecule has 44 heavy (non-hydrogen) atoms. The largest absolute Gasteiger partial charge is 0.470 e. The quantitative estimate of drug-likeness (QED) is 0.0891. The summed E-state index contributed by atoms with van der Waals surface area (Å²) in [4.78, 5) is 25.7. The van der Waals surface area contributed by atoms with Gasteiger partial charge in [-0.2, -0.15) is 0 Å². The maximum absolute atomic E-state index is 14.4. The summed E-state index contributed by atoms with van der Waals surface area (Å²) in [6.45, 7) is 0.327. The third kappa shape index (κ3) is 8.44. The lowest BCUT2D eigenvalue weighted by atomic mass is 9.69. The molecule has 4 N–H and O–H groups in total. The molecule has 14 heteroatoms. The molecule has 3 aliphatic carbocycles. The van der Waals surface area contributed by atoms with Crippen molar-refractivity contribution in [2.24, 2.45) is 33.0 Å². The molecule has 1 aliphatic heterocycles. The van der Waals surface area contributed by atoms with Gasteiger partial charge >= 0.3 is 0 Å². The summed E-state index contributed by atoms with van der Waals surface area (Å²) in [7, 11) is 0. The minimum Gasteiger partial charge on any atom is -0.470 e. The molecule has 5 atom stereocenters. The van der Waals surface area contributed by atoms with Gasteiger partial charge in [0.05, 0.1) is 18.8 Å². The number of carbonyl (C=O) groups is 1. The molecule has 3 unspecified atom stereocenters. The molecule has 0 aromatic heterocycles. The standard InChI is InChI=1S/C30H48N8O6/c31-37-34-17-22-7-2-1-6-21(22)16-30(29(42)33-18-23(41)19-40)27(25-8-3-4-9-26(25)36-38-32)44-28(35-30)20-10-12-24(13-11-20)43-15-5-14-39/h20-24,27,39-41H,1-19H2,(H,33,42)/t20?,21?,22?,23?,24?,27-,30-/m0/s1. The number of ether oxygens (including phenoxy) is 2. The van der Waals surface area contributed by atoms with Crippen LogP contribution in [0.1, 0.15) is 89.9 Å². The van der Waals surface area contributed by atoms with Gasteiger partial charge in [-0.25, -0.2) is 4.99 Å². The van der Waals surface area contributed by atoms with E-state index in [1.165, 1.54) is 0 Å². The monoisotopic (exact) mass is 616 g/mol. The SMILES string of the molecule is [N-]=[N+]=NCC1CCCCC1C[C@]1(C(=O)NCC(O)CO)N=C(C2CCC(OCCCO)CC2)O[C@H]1C1=C(N=[N+]=[N-])CCCC1. The fraction of sp³-hybridized carbons (Fsp3) is 0.867. The molecule has 0 aromatic carbocycles. The number of aliphatic imine (C=N–C) groups is 1. The lowest BCUT2D eigenvalue weighted by Gasteiger charge is -2.39. The van der Waals surface area contributed by atoms with Crippen molar-refractivity contribution < 1.29 is 29.6 Å². The van der Waals surface area contributed by atoms with Crippen LogP contribution in [-0.2, 0) is 14.3 Å². The van der Waals surface area contributed by atoms with Crippen LogP contribution >= 0.6 is 0 Å². The number of azide groups is 2. The summed E-state index contributed by atoms with van der Waals surface area (Å²) >= 11 is 0. The molecular weight excluding hydrogens is 568 g/mol. The van der Waals surface area contributed by atoms with Crippen LogP contribution in [-0.4, -0.2) is 83.9 Å². The van der Waals surface area contributed by atoms with Gasteiger partial charge in [-0.05, 0) is 92.7 Å². The highest BCUT2D eigenvalue weighted by Crippen LogP contribution is 2.47. The van der Waals surface area contributed by atoms with Gasteiger partial charge in [0.25, 0.3) is 5.91 Å². The summed E-state index contributed by atoms with van der Waals surface area (Å²) < 4.78 is 12.7. The lowest BCUT2D eigenvalue weighted by molar-refractivity contribution is -0.130. The Balaban J connectivity index is 1.72. The van der Waals surface area contributed by atoms with Gasteiger partial charge in [-0.15, -0.1) is 0 Å². The van der Waals surface area contributed by atoms with Crippen LogP contribution < -0.4 is 5.32 Å². The average molecular weight is 617 g/mol. The number of carbonyl (C=O) groups excluding carboxylic acids is 1. The smallest absolute Gasteiger partial charge is 0.252 e. The number of amides is 1. The van der Waals surface area contributed by atoms with Crippen LogP contribution in [0.25, 0.3) is 20.9 Å². The van der Waals surface area contributed by atoms with Crippen molar-refractivity contribution in [3.8, 4) is 0 Å². The predicted octanol–water partition coefficient (Wildman–Crippen LogP) is 4.59. The topological polar surface area (TPSA) is 218 Å². The molecular formula is C30H48N8O6. The van der Waals surface area contributed by atoms with Crippen molar-refractivity contribution in [1.29, 1.82) is 0 Å². The van der Waals surface area contributed by atoms with E-state index in [0.29, 0.717) is 50.4 Å². The number of aliphatic hydroxyl groups excluding tert-OH is 3. The third-order valence-corrected chi connectivity index (χ3v) is 9.75. The molecule has 1 amide bonds. The Morgan fingerprint density at radius 1 is 1.07 bits per heavy atom. The van der Waals surface area contributed by atoms with Crippen molar-refractivity contribution in [1.82, 2.24) is 5.32 Å². The van der Waals surface area contributed by atoms with E-state index in [0.717, 1.165) is 69.8 Å². The highest BCUT2D eigenvalue weighted by Gasteiger charge is 2.56. The van der Waals surface area contributed by atoms with E-state index in [2.05, 4.69) is 25.4 Å². The maximum atomic E-state index is 14.4. The first kappa shape index (κ1) is 34.0. The van der Waals surface area contributed by atoms with Crippen LogP contribution in [0.15, 0.2) is 26.5 Å². The molecule has 2 fully saturated rings. The maximum Gasteiger partial charge on any atom is 0.252 e. The minimum atomic E-state index is -1.38. The molecule has 244 valence electrons. The zero-order valence-electron chi connectivity index (χ0n) is 25.6. The van der Waals surface area contributed by atoms with Crippen LogP contribution in [0, 0.1) is 17.8 Å². The molecule has 2 saturated carbocycles. The predicted molar refractivity (Wildman–Crippen MR) is 163 cm³/mol. The van der Waals surface area contributed by atoms with Crippen LogP contribution in [0.5, 0.6) is 0 Å². The average Bonchev–Trinajstić information content (AvgIpc) is 3.44. The molecule has 0 spiro atoms. The summed E-state index contributed by atoms with van der Waals surface area (Å²) in [6, 6.07) is 0. The van der Waals surface area contributed by atoms with Gasteiger partial charge < -0.3 is 30.1 Å². The second-order valence-corrected chi connectivity index (χ2v) is 12.6. The Hall–Kier alpha value is -2.86. The van der Waals surface area contributed by atoms with Crippen LogP contribution in [0.2, 0.25) is 0 Å². The molecule has 0 aromatic rings. The molecule has 0 bridgehead atoms. The molecule has 4 aliphatic rings. The highest BCUT2D eigenvalue weighted by atomic mass is 16.5. The number of rotatable bonds is 15. The number of nitrogens with one attached hydrogen (secondary N) is 1. The number of allylic oxidation sites excluding steroid dienone is 1.